The summed E-state index contributed by atoms with van der Waals surface area (Å²) in [6.45, 7) is 0.513. The highest BCUT2D eigenvalue weighted by atomic mass is 35.5. The molecular formula is C29H22ClF4N7O3. The number of fused-ring (bicyclic) bond motifs is 2. The van der Waals surface area contributed by atoms with Crippen LogP contribution in [0.15, 0.2) is 61.1 Å². The molecule has 0 bridgehead atoms. The van der Waals surface area contributed by atoms with Gasteiger partial charge in [-0.2, -0.15) is 13.2 Å². The van der Waals surface area contributed by atoms with Gasteiger partial charge >= 0.3 is 6.18 Å². The first-order valence-corrected chi connectivity index (χ1v) is 13.5. The fraction of sp³-hybridized carbons (Fsp3) is 0.207. The second-order valence-electron chi connectivity index (χ2n) is 10.3. The van der Waals surface area contributed by atoms with Gasteiger partial charge in [0, 0.05) is 25.0 Å². The van der Waals surface area contributed by atoms with E-state index < -0.39 is 36.0 Å². The summed E-state index contributed by atoms with van der Waals surface area (Å²) in [7, 11) is 0. The number of halogens is 5. The number of anilines is 2. The Morgan fingerprint density at radius 3 is 2.68 bits per heavy atom. The minimum atomic E-state index is -4.93. The number of phenolic OH excluding ortho intramolecular Hbond substituents is 1. The smallest absolute Gasteiger partial charge is 0.416 e. The van der Waals surface area contributed by atoms with E-state index in [2.05, 4.69) is 30.6 Å². The van der Waals surface area contributed by atoms with Gasteiger partial charge in [0.25, 0.3) is 0 Å². The van der Waals surface area contributed by atoms with Crippen LogP contribution in [-0.2, 0) is 16.6 Å². The number of aliphatic hydroxyl groups is 1. The van der Waals surface area contributed by atoms with Crippen LogP contribution < -0.4 is 10.6 Å². The lowest BCUT2D eigenvalue weighted by Gasteiger charge is -2.25. The van der Waals surface area contributed by atoms with Crippen molar-refractivity contribution in [2.24, 2.45) is 0 Å². The van der Waals surface area contributed by atoms with Crippen LogP contribution in [-0.4, -0.2) is 59.3 Å². The maximum Gasteiger partial charge on any atom is 0.416 e. The average Bonchev–Trinajstić information content (AvgIpc) is 3.55. The van der Waals surface area contributed by atoms with Gasteiger partial charge in [0.1, 0.15) is 34.3 Å². The lowest BCUT2D eigenvalue weighted by Crippen LogP contribution is -2.36. The summed E-state index contributed by atoms with van der Waals surface area (Å²) in [6, 6.07) is 10.1. The SMILES string of the molecule is CC1(c2ccc(Cl)c(O)c2)C(=O)Nc2nc(-c3cn4ccnc4c(Cc4cccc(F)c4)n3)nc(NCC(O)C(F)(F)F)c21. The number of amides is 1. The Bertz CT molecular complexity index is 1930. The summed E-state index contributed by atoms with van der Waals surface area (Å²) >= 11 is 5.97. The number of hydrogen-bond acceptors (Lipinski definition) is 8. The molecule has 2 aromatic carbocycles. The number of carbonyl (C=O) groups is 1. The van der Waals surface area contributed by atoms with Crippen LogP contribution in [0.25, 0.3) is 17.2 Å². The van der Waals surface area contributed by atoms with Crippen LogP contribution in [0.1, 0.15) is 29.3 Å². The van der Waals surface area contributed by atoms with E-state index in [0.29, 0.717) is 16.9 Å². The second-order valence-corrected chi connectivity index (χ2v) is 10.7. The molecule has 1 amide bonds. The topological polar surface area (TPSA) is 138 Å². The third kappa shape index (κ3) is 5.15. The number of aliphatic hydroxyl groups excluding tert-OH is 1. The quantitative estimate of drug-likeness (QED) is 0.188. The van der Waals surface area contributed by atoms with E-state index in [-0.39, 0.29) is 51.5 Å². The molecule has 2 atom stereocenters. The number of aromatic nitrogens is 5. The van der Waals surface area contributed by atoms with Crippen molar-refractivity contribution in [3.63, 3.8) is 0 Å². The molecule has 0 saturated carbocycles. The zero-order valence-electron chi connectivity index (χ0n) is 22.7. The second kappa shape index (κ2) is 10.7. The minimum absolute atomic E-state index is 0.0138. The first kappa shape index (κ1) is 29.3. The van der Waals surface area contributed by atoms with Crippen molar-refractivity contribution in [2.45, 2.75) is 31.0 Å². The van der Waals surface area contributed by atoms with Gasteiger partial charge < -0.3 is 25.2 Å². The third-order valence-electron chi connectivity index (χ3n) is 7.39. The van der Waals surface area contributed by atoms with Crippen molar-refractivity contribution in [3.8, 4) is 17.3 Å². The summed E-state index contributed by atoms with van der Waals surface area (Å²) in [5, 5.41) is 25.2. The highest BCUT2D eigenvalue weighted by Crippen LogP contribution is 2.47. The highest BCUT2D eigenvalue weighted by molar-refractivity contribution is 6.32. The van der Waals surface area contributed by atoms with Gasteiger partial charge in [0.05, 0.1) is 22.8 Å². The van der Waals surface area contributed by atoms with Crippen molar-refractivity contribution in [1.29, 1.82) is 0 Å². The number of carbonyl (C=O) groups excluding carboxylic acids is 1. The fourth-order valence-corrected chi connectivity index (χ4v) is 5.20. The van der Waals surface area contributed by atoms with E-state index in [1.807, 2.05) is 0 Å². The molecule has 44 heavy (non-hydrogen) atoms. The van der Waals surface area contributed by atoms with Gasteiger partial charge in [-0.05, 0) is 42.3 Å². The molecule has 4 N–H and O–H groups in total. The molecule has 226 valence electrons. The van der Waals surface area contributed by atoms with Crippen molar-refractivity contribution < 1.29 is 32.6 Å². The van der Waals surface area contributed by atoms with E-state index in [9.17, 15) is 32.6 Å². The monoisotopic (exact) mass is 627 g/mol. The van der Waals surface area contributed by atoms with E-state index >= 15 is 0 Å². The first-order chi connectivity index (χ1) is 20.8. The molecule has 10 nitrogen and oxygen atoms in total. The molecule has 0 aliphatic carbocycles. The Kier molecular flexibility index (Phi) is 7.13. The molecule has 1 aliphatic rings. The Morgan fingerprint density at radius 1 is 1.16 bits per heavy atom. The first-order valence-electron chi connectivity index (χ1n) is 13.1. The number of alkyl halides is 3. The summed E-state index contributed by atoms with van der Waals surface area (Å²) in [5.41, 5.74) is 0.492. The van der Waals surface area contributed by atoms with Gasteiger partial charge in [-0.15, -0.1) is 0 Å². The molecule has 0 saturated heterocycles. The maximum atomic E-state index is 13.9. The van der Waals surface area contributed by atoms with Crippen LogP contribution in [0.4, 0.5) is 29.2 Å². The number of nitrogens with one attached hydrogen (secondary N) is 2. The molecule has 4 heterocycles. The molecular weight excluding hydrogens is 606 g/mol. The normalized spacial score (nSPS) is 17.0. The summed E-state index contributed by atoms with van der Waals surface area (Å²) in [4.78, 5) is 31.4. The Hall–Kier alpha value is -4.82. The molecule has 5 aromatic rings. The molecule has 0 fully saturated rings. The number of benzene rings is 2. The molecule has 0 spiro atoms. The van der Waals surface area contributed by atoms with Crippen molar-refractivity contribution in [3.05, 3.63) is 94.3 Å². The van der Waals surface area contributed by atoms with Crippen LogP contribution in [0, 0.1) is 5.82 Å². The summed E-state index contributed by atoms with van der Waals surface area (Å²) in [5.74, 6) is -1.58. The van der Waals surface area contributed by atoms with Gasteiger partial charge in [0.2, 0.25) is 5.91 Å². The zero-order chi connectivity index (χ0) is 31.4. The number of imidazole rings is 1. The summed E-state index contributed by atoms with van der Waals surface area (Å²) in [6.07, 6.45) is -2.74. The third-order valence-corrected chi connectivity index (χ3v) is 7.71. The molecule has 1 aliphatic heterocycles. The zero-order valence-corrected chi connectivity index (χ0v) is 23.4. The average molecular weight is 628 g/mol. The van der Waals surface area contributed by atoms with E-state index in [1.165, 1.54) is 43.5 Å². The van der Waals surface area contributed by atoms with E-state index in [1.54, 1.807) is 28.9 Å². The van der Waals surface area contributed by atoms with E-state index in [0.717, 1.165) is 0 Å². The van der Waals surface area contributed by atoms with Crippen molar-refractivity contribution in [1.82, 2.24) is 24.3 Å². The molecule has 0 radical (unpaired) electrons. The largest absolute Gasteiger partial charge is 0.506 e. The molecule has 2 unspecified atom stereocenters. The van der Waals surface area contributed by atoms with Gasteiger partial charge in [-0.25, -0.2) is 24.3 Å². The summed E-state index contributed by atoms with van der Waals surface area (Å²) < 4.78 is 55.2. The van der Waals surface area contributed by atoms with Crippen molar-refractivity contribution in [2.75, 3.05) is 17.2 Å². The van der Waals surface area contributed by atoms with E-state index in [4.69, 9.17) is 11.6 Å². The minimum Gasteiger partial charge on any atom is -0.506 e. The Labute approximate surface area is 251 Å². The van der Waals surface area contributed by atoms with Crippen LogP contribution in [0.5, 0.6) is 5.75 Å². The van der Waals surface area contributed by atoms with Crippen LogP contribution >= 0.6 is 11.6 Å². The predicted octanol–water partition coefficient (Wildman–Crippen LogP) is 4.87. The Morgan fingerprint density at radius 2 is 1.95 bits per heavy atom. The lowest BCUT2D eigenvalue weighted by molar-refractivity contribution is -0.198. The van der Waals surface area contributed by atoms with Gasteiger partial charge in [-0.3, -0.25) is 4.79 Å². The highest BCUT2D eigenvalue weighted by Gasteiger charge is 2.48. The van der Waals surface area contributed by atoms with Gasteiger partial charge in [-0.1, -0.05) is 29.8 Å². The maximum absolute atomic E-state index is 13.9. The number of aromatic hydroxyl groups is 1. The van der Waals surface area contributed by atoms with Crippen LogP contribution in [0.2, 0.25) is 5.02 Å². The Balaban J connectivity index is 1.50. The standard InChI is InChI=1S/C29H22ClF4N7O3/c1-28(15-5-6-17(30)20(42)11-15)22-24(36-12-21(43)29(32,33)34)38-23(39-25(22)40-27(28)44)19-13-41-8-7-35-26(41)18(37-19)10-14-3-2-4-16(31)9-14/h2-9,11,13,21,42-43H,10,12H2,1H3,(H2,36,38,39,40,44). The molecule has 3 aromatic heterocycles. The number of nitrogens with zero attached hydrogens (tertiary/aromatic N) is 5. The van der Waals surface area contributed by atoms with Crippen LogP contribution in [0.3, 0.4) is 0 Å². The van der Waals surface area contributed by atoms with Gasteiger partial charge in [0.15, 0.2) is 17.6 Å². The number of hydrogen-bond donors (Lipinski definition) is 4. The number of rotatable bonds is 7. The number of phenols is 1. The lowest BCUT2D eigenvalue weighted by atomic mass is 9.77. The molecule has 6 rings (SSSR count). The van der Waals surface area contributed by atoms with Crippen molar-refractivity contribution >= 4 is 34.8 Å². The molecule has 15 heteroatoms. The predicted molar refractivity (Wildman–Crippen MR) is 152 cm³/mol. The fourth-order valence-electron chi connectivity index (χ4n) is 5.08.